The number of nitrogens with one attached hydrogen (secondary N) is 2. The minimum Gasteiger partial charge on any atom is -0.356 e. The molecule has 0 saturated carbocycles. The number of likely N-dealkylation sites (tertiary alicyclic amines) is 1. The highest BCUT2D eigenvalue weighted by Crippen LogP contribution is 2.15. The van der Waals surface area contributed by atoms with Crippen LogP contribution in [0.25, 0.3) is 0 Å². The quantitative estimate of drug-likeness (QED) is 0.659. The molecule has 1 aromatic heterocycles. The molecule has 4 nitrogen and oxygen atoms in total. The van der Waals surface area contributed by atoms with E-state index in [4.69, 9.17) is 0 Å². The Hall–Kier alpha value is -1.07. The van der Waals surface area contributed by atoms with Crippen LogP contribution in [0, 0.1) is 12.8 Å². The van der Waals surface area contributed by atoms with Crippen LogP contribution >= 0.6 is 11.3 Å². The van der Waals surface area contributed by atoms with Crippen molar-refractivity contribution in [3.8, 4) is 0 Å². The Morgan fingerprint density at radius 3 is 2.95 bits per heavy atom. The van der Waals surface area contributed by atoms with E-state index < -0.39 is 0 Å². The van der Waals surface area contributed by atoms with Gasteiger partial charge >= 0.3 is 0 Å². The number of piperidine rings is 1. The molecule has 1 aliphatic heterocycles. The zero-order valence-corrected chi connectivity index (χ0v) is 13.6. The van der Waals surface area contributed by atoms with E-state index in [1.54, 1.807) is 0 Å². The van der Waals surface area contributed by atoms with Crippen molar-refractivity contribution in [2.24, 2.45) is 10.9 Å². The Kier molecular flexibility index (Phi) is 5.86. The van der Waals surface area contributed by atoms with Gasteiger partial charge in [-0.25, -0.2) is 0 Å². The number of hydrogen-bond acceptors (Lipinski definition) is 3. The second-order valence-corrected chi connectivity index (χ2v) is 6.96. The van der Waals surface area contributed by atoms with Crippen LogP contribution in [0.1, 0.15) is 22.6 Å². The standard InChI is InChI=1S/C15H26N4S/c1-12-6-7-14(20-12)10-18-15(16-2)17-9-13-5-4-8-19(3)11-13/h6-7,13H,4-5,8-11H2,1-3H3,(H2,16,17,18). The van der Waals surface area contributed by atoms with Gasteiger partial charge in [0.2, 0.25) is 0 Å². The first-order valence-corrected chi connectivity index (χ1v) is 8.17. The van der Waals surface area contributed by atoms with E-state index >= 15 is 0 Å². The second-order valence-electron chi connectivity index (χ2n) is 5.59. The van der Waals surface area contributed by atoms with E-state index in [0.29, 0.717) is 0 Å². The van der Waals surface area contributed by atoms with Gasteiger partial charge in [0.25, 0.3) is 0 Å². The fraction of sp³-hybridized carbons (Fsp3) is 0.667. The molecule has 0 spiro atoms. The molecule has 2 N–H and O–H groups in total. The average molecular weight is 294 g/mol. The van der Waals surface area contributed by atoms with E-state index in [9.17, 15) is 0 Å². The summed E-state index contributed by atoms with van der Waals surface area (Å²) in [6, 6.07) is 4.34. The molecule has 1 aromatic rings. The van der Waals surface area contributed by atoms with Crippen LogP contribution < -0.4 is 10.6 Å². The average Bonchev–Trinajstić information content (AvgIpc) is 2.85. The Labute approximate surface area is 126 Å². The van der Waals surface area contributed by atoms with Crippen molar-refractivity contribution in [1.82, 2.24) is 15.5 Å². The molecule has 1 aliphatic rings. The van der Waals surface area contributed by atoms with Crippen LogP contribution in [0.15, 0.2) is 17.1 Å². The van der Waals surface area contributed by atoms with Gasteiger partial charge in [-0.1, -0.05) is 0 Å². The maximum atomic E-state index is 4.30. The first kappa shape index (κ1) is 15.3. The molecule has 1 saturated heterocycles. The largest absolute Gasteiger partial charge is 0.356 e. The van der Waals surface area contributed by atoms with Crippen LogP contribution in [0.4, 0.5) is 0 Å². The third-order valence-electron chi connectivity index (χ3n) is 3.73. The van der Waals surface area contributed by atoms with E-state index in [0.717, 1.165) is 25.0 Å². The Bertz CT molecular complexity index is 441. The minimum atomic E-state index is 0.733. The maximum absolute atomic E-state index is 4.30. The van der Waals surface area contributed by atoms with Gasteiger partial charge in [0.05, 0.1) is 6.54 Å². The van der Waals surface area contributed by atoms with Crippen molar-refractivity contribution in [1.29, 1.82) is 0 Å². The van der Waals surface area contributed by atoms with E-state index in [-0.39, 0.29) is 0 Å². The molecule has 0 aliphatic carbocycles. The van der Waals surface area contributed by atoms with Crippen LogP contribution in [-0.4, -0.2) is 44.6 Å². The number of rotatable bonds is 4. The van der Waals surface area contributed by atoms with E-state index in [1.807, 2.05) is 18.4 Å². The predicted octanol–water partition coefficient (Wildman–Crippen LogP) is 2.06. The molecule has 2 heterocycles. The topological polar surface area (TPSA) is 39.7 Å². The number of aliphatic imine (C=N–C) groups is 1. The summed E-state index contributed by atoms with van der Waals surface area (Å²) in [4.78, 5) is 9.42. The lowest BCUT2D eigenvalue weighted by Crippen LogP contribution is -2.43. The zero-order valence-electron chi connectivity index (χ0n) is 12.8. The molecule has 0 aromatic carbocycles. The molecular weight excluding hydrogens is 268 g/mol. The van der Waals surface area contributed by atoms with Gasteiger partial charge in [-0.05, 0) is 51.4 Å². The zero-order chi connectivity index (χ0) is 14.4. The molecular formula is C15H26N4S. The number of hydrogen-bond donors (Lipinski definition) is 2. The van der Waals surface area contributed by atoms with Gasteiger partial charge in [-0.3, -0.25) is 4.99 Å². The highest BCUT2D eigenvalue weighted by Gasteiger charge is 2.17. The van der Waals surface area contributed by atoms with Crippen molar-refractivity contribution in [3.63, 3.8) is 0 Å². The summed E-state index contributed by atoms with van der Waals surface area (Å²) < 4.78 is 0. The third-order valence-corrected chi connectivity index (χ3v) is 4.73. The second kappa shape index (κ2) is 7.64. The molecule has 1 atom stereocenters. The van der Waals surface area contributed by atoms with E-state index in [1.165, 1.54) is 35.7 Å². The van der Waals surface area contributed by atoms with Crippen LogP contribution in [0.3, 0.4) is 0 Å². The first-order valence-electron chi connectivity index (χ1n) is 7.35. The van der Waals surface area contributed by atoms with Crippen molar-refractivity contribution in [3.05, 3.63) is 21.9 Å². The third kappa shape index (κ3) is 4.80. The molecule has 5 heteroatoms. The smallest absolute Gasteiger partial charge is 0.191 e. The molecule has 0 radical (unpaired) electrons. The normalized spacial score (nSPS) is 20.9. The van der Waals surface area contributed by atoms with Crippen LogP contribution in [0.2, 0.25) is 0 Å². The fourth-order valence-electron chi connectivity index (χ4n) is 2.65. The highest BCUT2D eigenvalue weighted by atomic mass is 32.1. The number of thiophene rings is 1. The van der Waals surface area contributed by atoms with Crippen molar-refractivity contribution in [2.45, 2.75) is 26.3 Å². The van der Waals surface area contributed by atoms with Crippen molar-refractivity contribution in [2.75, 3.05) is 33.7 Å². The maximum Gasteiger partial charge on any atom is 0.191 e. The van der Waals surface area contributed by atoms with Gasteiger partial charge in [0, 0.05) is 29.9 Å². The van der Waals surface area contributed by atoms with Gasteiger partial charge in [-0.2, -0.15) is 0 Å². The van der Waals surface area contributed by atoms with Crippen molar-refractivity contribution < 1.29 is 0 Å². The molecule has 0 bridgehead atoms. The number of guanidine groups is 1. The summed E-state index contributed by atoms with van der Waals surface area (Å²) in [7, 11) is 4.04. The molecule has 1 fully saturated rings. The fourth-order valence-corrected chi connectivity index (χ4v) is 3.48. The molecule has 20 heavy (non-hydrogen) atoms. The summed E-state index contributed by atoms with van der Waals surface area (Å²) >= 11 is 1.83. The summed E-state index contributed by atoms with van der Waals surface area (Å²) in [5.41, 5.74) is 0. The van der Waals surface area contributed by atoms with Crippen molar-refractivity contribution >= 4 is 17.3 Å². The predicted molar refractivity (Wildman–Crippen MR) is 87.5 cm³/mol. The summed E-state index contributed by atoms with van der Waals surface area (Å²) in [5.74, 6) is 1.64. The number of nitrogens with zero attached hydrogens (tertiary/aromatic N) is 2. The lowest BCUT2D eigenvalue weighted by molar-refractivity contribution is 0.210. The lowest BCUT2D eigenvalue weighted by atomic mass is 9.99. The number of aryl methyl sites for hydroxylation is 1. The van der Waals surface area contributed by atoms with Gasteiger partial charge < -0.3 is 15.5 Å². The lowest BCUT2D eigenvalue weighted by Gasteiger charge is -2.30. The van der Waals surface area contributed by atoms with Crippen LogP contribution in [-0.2, 0) is 6.54 Å². The highest BCUT2D eigenvalue weighted by molar-refractivity contribution is 7.11. The summed E-state index contributed by atoms with van der Waals surface area (Å²) in [6.45, 7) is 6.42. The van der Waals surface area contributed by atoms with Gasteiger partial charge in [0.15, 0.2) is 5.96 Å². The van der Waals surface area contributed by atoms with Gasteiger partial charge in [-0.15, -0.1) is 11.3 Å². The van der Waals surface area contributed by atoms with Crippen LogP contribution in [0.5, 0.6) is 0 Å². The Morgan fingerprint density at radius 2 is 2.30 bits per heavy atom. The van der Waals surface area contributed by atoms with Gasteiger partial charge in [0.1, 0.15) is 0 Å². The Morgan fingerprint density at radius 1 is 1.45 bits per heavy atom. The van der Waals surface area contributed by atoms with E-state index in [2.05, 4.69) is 46.6 Å². The Balaban J connectivity index is 1.72. The molecule has 112 valence electrons. The molecule has 1 unspecified atom stereocenters. The first-order chi connectivity index (χ1) is 9.67. The monoisotopic (exact) mass is 294 g/mol. The molecule has 0 amide bonds. The summed E-state index contributed by atoms with van der Waals surface area (Å²) in [5, 5.41) is 6.84. The molecule has 2 rings (SSSR count). The summed E-state index contributed by atoms with van der Waals surface area (Å²) in [6.07, 6.45) is 2.63. The minimum absolute atomic E-state index is 0.733. The SMILES string of the molecule is CN=C(NCc1ccc(C)s1)NCC1CCCN(C)C1.